The van der Waals surface area contributed by atoms with Crippen molar-refractivity contribution in [1.82, 2.24) is 10.1 Å². The number of carbonyl (C=O) groups excluding carboxylic acids is 2. The molecule has 0 radical (unpaired) electrons. The molecular weight excluding hydrogens is 420 g/mol. The fraction of sp³-hybridized carbons (Fsp3) is 0.346. The van der Waals surface area contributed by atoms with Crippen LogP contribution in [-0.4, -0.2) is 53.8 Å². The molecule has 2 aliphatic heterocycles. The third kappa shape index (κ3) is 3.43. The van der Waals surface area contributed by atoms with Crippen LogP contribution >= 0.6 is 0 Å². The van der Waals surface area contributed by atoms with Crippen LogP contribution in [0.5, 0.6) is 0 Å². The molecule has 0 N–H and O–H groups in total. The first-order valence-electron chi connectivity index (χ1n) is 11.4. The first kappa shape index (κ1) is 20.2. The van der Waals surface area contributed by atoms with Crippen LogP contribution in [0.2, 0.25) is 0 Å². The first-order chi connectivity index (χ1) is 16.2. The Morgan fingerprint density at radius 1 is 0.970 bits per heavy atom. The van der Waals surface area contributed by atoms with Gasteiger partial charge in [-0.1, -0.05) is 53.7 Å². The Morgan fingerprint density at radius 2 is 1.61 bits per heavy atom. The van der Waals surface area contributed by atoms with E-state index in [0.29, 0.717) is 31.6 Å². The molecule has 3 aromatic rings. The lowest BCUT2D eigenvalue weighted by Crippen LogP contribution is -2.60. The highest BCUT2D eigenvalue weighted by molar-refractivity contribution is 5.97. The number of piperidine rings is 1. The number of ether oxygens (including phenoxy) is 2. The van der Waals surface area contributed by atoms with Crippen molar-refractivity contribution in [2.45, 2.75) is 30.8 Å². The van der Waals surface area contributed by atoms with E-state index in [-0.39, 0.29) is 42.4 Å². The zero-order chi connectivity index (χ0) is 22.4. The molecule has 33 heavy (non-hydrogen) atoms. The molecule has 3 aliphatic rings. The van der Waals surface area contributed by atoms with Crippen LogP contribution in [0.1, 0.15) is 40.2 Å². The normalized spacial score (nSPS) is 23.6. The second-order valence-corrected chi connectivity index (χ2v) is 9.00. The average molecular weight is 444 g/mol. The molecule has 3 heterocycles. The number of aromatic nitrogens is 1. The minimum atomic E-state index is -0.328. The third-order valence-electron chi connectivity index (χ3n) is 7.15. The Kier molecular flexibility index (Phi) is 4.99. The van der Waals surface area contributed by atoms with E-state index >= 15 is 0 Å². The largest absolute Gasteiger partial charge is 0.448 e. The van der Waals surface area contributed by atoms with Gasteiger partial charge in [0.15, 0.2) is 5.78 Å². The highest BCUT2D eigenvalue weighted by Crippen LogP contribution is 2.44. The van der Waals surface area contributed by atoms with Crippen molar-refractivity contribution >= 4 is 11.9 Å². The number of hydrogen-bond donors (Lipinski definition) is 0. The lowest BCUT2D eigenvalue weighted by molar-refractivity contribution is -0.0747. The molecule has 7 heteroatoms. The van der Waals surface area contributed by atoms with Crippen LogP contribution in [0.4, 0.5) is 4.79 Å². The van der Waals surface area contributed by atoms with Crippen LogP contribution in [0, 0.1) is 5.92 Å². The standard InChI is InChI=1S/C26H24N2O5/c29-25(17-11-27-33-12-17)16-9-18-13-31-14-19(10-16)28(18)26(30)32-15-24-22-7-3-1-5-20(22)21-6-2-4-8-23(21)24/h1-8,11-12,16,18-19,24H,9-10,13-15H2. The van der Waals surface area contributed by atoms with Crippen molar-refractivity contribution in [2.75, 3.05) is 19.8 Å². The van der Waals surface area contributed by atoms with E-state index in [1.54, 1.807) is 4.90 Å². The van der Waals surface area contributed by atoms with E-state index in [1.807, 2.05) is 24.3 Å². The summed E-state index contributed by atoms with van der Waals surface area (Å²) < 4.78 is 16.5. The van der Waals surface area contributed by atoms with Gasteiger partial charge in [-0.25, -0.2) is 4.79 Å². The fourth-order valence-corrected chi connectivity index (χ4v) is 5.66. The first-order valence-corrected chi connectivity index (χ1v) is 11.4. The molecule has 1 amide bonds. The van der Waals surface area contributed by atoms with E-state index in [4.69, 9.17) is 14.0 Å². The smallest absolute Gasteiger partial charge is 0.410 e. The highest BCUT2D eigenvalue weighted by atomic mass is 16.6. The number of carbonyl (C=O) groups is 2. The maximum absolute atomic E-state index is 13.2. The molecule has 1 aromatic heterocycles. The van der Waals surface area contributed by atoms with Gasteiger partial charge >= 0.3 is 6.09 Å². The second kappa shape index (κ2) is 8.15. The van der Waals surface area contributed by atoms with Gasteiger partial charge in [-0.15, -0.1) is 0 Å². The fourth-order valence-electron chi connectivity index (χ4n) is 5.66. The van der Waals surface area contributed by atoms with E-state index in [2.05, 4.69) is 29.4 Å². The van der Waals surface area contributed by atoms with Gasteiger partial charge in [0.2, 0.25) is 0 Å². The van der Waals surface area contributed by atoms with Gasteiger partial charge in [-0.2, -0.15) is 0 Å². The Morgan fingerprint density at radius 3 is 2.21 bits per heavy atom. The third-order valence-corrected chi connectivity index (χ3v) is 7.15. The van der Waals surface area contributed by atoms with E-state index in [9.17, 15) is 9.59 Å². The summed E-state index contributed by atoms with van der Waals surface area (Å²) in [7, 11) is 0. The molecular formula is C26H24N2O5. The van der Waals surface area contributed by atoms with Gasteiger partial charge in [0.05, 0.1) is 37.1 Å². The topological polar surface area (TPSA) is 81.9 Å². The molecule has 2 atom stereocenters. The van der Waals surface area contributed by atoms with Gasteiger partial charge in [-0.3, -0.25) is 9.69 Å². The second-order valence-electron chi connectivity index (χ2n) is 9.00. The summed E-state index contributed by atoms with van der Waals surface area (Å²) in [6.45, 7) is 1.11. The SMILES string of the molecule is O=C(c1cnoc1)C1CC2COCC(C1)N2C(=O)OCC1c2ccccc2-c2ccccc21. The lowest BCUT2D eigenvalue weighted by atomic mass is 9.81. The summed E-state index contributed by atoms with van der Waals surface area (Å²) in [6.07, 6.45) is 3.60. The summed E-state index contributed by atoms with van der Waals surface area (Å²) in [5.74, 6) is -0.147. The Hall–Kier alpha value is -3.45. The van der Waals surface area contributed by atoms with Gasteiger partial charge in [0.25, 0.3) is 0 Å². The summed E-state index contributed by atoms with van der Waals surface area (Å²) >= 11 is 0. The number of rotatable bonds is 4. The molecule has 2 aromatic carbocycles. The molecule has 2 unspecified atom stereocenters. The number of hydrogen-bond acceptors (Lipinski definition) is 6. The number of amides is 1. The molecule has 168 valence electrons. The van der Waals surface area contributed by atoms with Crippen molar-refractivity contribution in [2.24, 2.45) is 5.92 Å². The molecule has 7 nitrogen and oxygen atoms in total. The van der Waals surface area contributed by atoms with E-state index < -0.39 is 0 Å². The van der Waals surface area contributed by atoms with Gasteiger partial charge < -0.3 is 14.0 Å². The van der Waals surface area contributed by atoms with E-state index in [1.165, 1.54) is 34.7 Å². The Bertz CT molecular complexity index is 1130. The zero-order valence-electron chi connectivity index (χ0n) is 18.1. The number of fused-ring (bicyclic) bond motifs is 5. The lowest BCUT2D eigenvalue weighted by Gasteiger charge is -2.47. The molecule has 2 saturated heterocycles. The number of Topliss-reactive ketones (excluding diaryl/α,β-unsaturated/α-hetero) is 1. The average Bonchev–Trinajstić information content (AvgIpc) is 3.48. The van der Waals surface area contributed by atoms with Gasteiger partial charge in [0.1, 0.15) is 12.9 Å². The predicted octanol–water partition coefficient (Wildman–Crippen LogP) is 4.29. The monoisotopic (exact) mass is 444 g/mol. The Labute approximate surface area is 191 Å². The summed E-state index contributed by atoms with van der Waals surface area (Å²) in [6, 6.07) is 16.2. The number of nitrogens with zero attached hydrogens (tertiary/aromatic N) is 2. The maximum Gasteiger partial charge on any atom is 0.410 e. The van der Waals surface area contributed by atoms with Gasteiger partial charge in [0, 0.05) is 11.8 Å². The molecule has 6 rings (SSSR count). The van der Waals surface area contributed by atoms with Crippen LogP contribution in [0.25, 0.3) is 11.1 Å². The van der Waals surface area contributed by atoms with Crippen LogP contribution in [0.15, 0.2) is 65.5 Å². The zero-order valence-corrected chi connectivity index (χ0v) is 18.1. The summed E-state index contributed by atoms with van der Waals surface area (Å²) in [5, 5.41) is 3.64. The number of ketones is 1. The quantitative estimate of drug-likeness (QED) is 0.559. The van der Waals surface area contributed by atoms with Crippen molar-refractivity contribution in [3.63, 3.8) is 0 Å². The molecule has 0 saturated carbocycles. The maximum atomic E-state index is 13.2. The Balaban J connectivity index is 1.17. The molecule has 0 spiro atoms. The molecule has 2 bridgehead atoms. The van der Waals surface area contributed by atoms with E-state index in [0.717, 1.165) is 0 Å². The number of morpholine rings is 1. The highest BCUT2D eigenvalue weighted by Gasteiger charge is 2.45. The van der Waals surface area contributed by atoms with Gasteiger partial charge in [-0.05, 0) is 35.1 Å². The van der Waals surface area contributed by atoms with Crippen molar-refractivity contribution in [3.8, 4) is 11.1 Å². The predicted molar refractivity (Wildman–Crippen MR) is 119 cm³/mol. The summed E-state index contributed by atoms with van der Waals surface area (Å²) in [4.78, 5) is 27.9. The minimum Gasteiger partial charge on any atom is -0.448 e. The van der Waals surface area contributed by atoms with Crippen LogP contribution in [0.3, 0.4) is 0 Å². The van der Waals surface area contributed by atoms with Crippen molar-refractivity contribution < 1.29 is 23.6 Å². The van der Waals surface area contributed by atoms with Crippen LogP contribution < -0.4 is 0 Å². The minimum absolute atomic E-state index is 0.0142. The van der Waals surface area contributed by atoms with Crippen LogP contribution in [-0.2, 0) is 9.47 Å². The summed E-state index contributed by atoms with van der Waals surface area (Å²) in [5.41, 5.74) is 5.26. The number of benzene rings is 2. The molecule has 2 fully saturated rings. The van der Waals surface area contributed by atoms with Crippen molar-refractivity contribution in [3.05, 3.63) is 77.7 Å². The molecule has 1 aliphatic carbocycles. The van der Waals surface area contributed by atoms with Crippen molar-refractivity contribution in [1.29, 1.82) is 0 Å².